The number of rotatable bonds is 4. The maximum absolute atomic E-state index is 3.60. The molecule has 2 rings (SSSR count). The third kappa shape index (κ3) is 2.85. The summed E-state index contributed by atoms with van der Waals surface area (Å²) in [5, 5.41) is 3.35. The Morgan fingerprint density at radius 3 is 2.67 bits per heavy atom. The third-order valence-corrected chi connectivity index (χ3v) is 5.29. The zero-order chi connectivity index (χ0) is 13.1. The molecule has 0 amide bonds. The van der Waals surface area contributed by atoms with Gasteiger partial charge in [-0.2, -0.15) is 0 Å². The van der Waals surface area contributed by atoms with Gasteiger partial charge in [0.2, 0.25) is 0 Å². The summed E-state index contributed by atoms with van der Waals surface area (Å²) in [7, 11) is 2.02. The largest absolute Gasteiger partial charge is 0.312 e. The van der Waals surface area contributed by atoms with E-state index >= 15 is 0 Å². The molecule has 1 N–H and O–H groups in total. The summed E-state index contributed by atoms with van der Waals surface area (Å²) in [5.74, 6) is 0. The van der Waals surface area contributed by atoms with Crippen molar-refractivity contribution in [2.45, 2.75) is 26.3 Å². The number of halogens is 1. The van der Waals surface area contributed by atoms with Crippen LogP contribution in [0.5, 0.6) is 0 Å². The molecule has 0 saturated carbocycles. The molecule has 0 aliphatic heterocycles. The van der Waals surface area contributed by atoms with Crippen LogP contribution in [0.2, 0.25) is 0 Å². The maximum Gasteiger partial charge on any atom is 0.0409 e. The van der Waals surface area contributed by atoms with Crippen LogP contribution < -0.4 is 5.32 Å². The molecule has 2 aromatic rings. The molecule has 1 aromatic carbocycles. The zero-order valence-electron chi connectivity index (χ0n) is 11.0. The van der Waals surface area contributed by atoms with Gasteiger partial charge in [0.1, 0.15) is 0 Å². The van der Waals surface area contributed by atoms with Crippen molar-refractivity contribution < 1.29 is 0 Å². The predicted molar refractivity (Wildman–Crippen MR) is 84.3 cm³/mol. The zero-order valence-corrected chi connectivity index (χ0v) is 13.4. The lowest BCUT2D eigenvalue weighted by atomic mass is 10.1. The molecule has 1 nitrogen and oxygen atoms in total. The van der Waals surface area contributed by atoms with Gasteiger partial charge in [0.05, 0.1) is 0 Å². The quantitative estimate of drug-likeness (QED) is 0.819. The Bertz CT molecular complexity index is 529. The van der Waals surface area contributed by atoms with Gasteiger partial charge in [0, 0.05) is 20.3 Å². The third-order valence-electron chi connectivity index (χ3n) is 3.18. The fourth-order valence-electron chi connectivity index (χ4n) is 1.99. The molecular formula is C15H18BrNS. The Balaban J connectivity index is 2.31. The molecule has 0 aliphatic carbocycles. The lowest BCUT2D eigenvalue weighted by Crippen LogP contribution is -2.13. The van der Waals surface area contributed by atoms with Crippen LogP contribution in [0.25, 0.3) is 10.4 Å². The average Bonchev–Trinajstić information content (AvgIpc) is 2.84. The summed E-state index contributed by atoms with van der Waals surface area (Å²) >= 11 is 5.47. The first kappa shape index (κ1) is 13.8. The van der Waals surface area contributed by atoms with Gasteiger partial charge in [-0.1, -0.05) is 35.0 Å². The molecule has 1 aromatic heterocycles. The highest BCUT2D eigenvalue weighted by molar-refractivity contribution is 9.10. The van der Waals surface area contributed by atoms with Gasteiger partial charge in [-0.15, -0.1) is 11.3 Å². The van der Waals surface area contributed by atoms with E-state index in [0.29, 0.717) is 6.04 Å². The van der Waals surface area contributed by atoms with Crippen LogP contribution in [-0.2, 0) is 0 Å². The van der Waals surface area contributed by atoms with Crippen molar-refractivity contribution in [3.05, 3.63) is 45.2 Å². The molecule has 1 unspecified atom stereocenters. The van der Waals surface area contributed by atoms with E-state index < -0.39 is 0 Å². The minimum absolute atomic E-state index is 0.470. The molecule has 0 bridgehead atoms. The van der Waals surface area contributed by atoms with Gasteiger partial charge in [0.25, 0.3) is 0 Å². The summed E-state index contributed by atoms with van der Waals surface area (Å²) in [6.07, 6.45) is 1.12. The number of nitrogens with one attached hydrogen (secondary N) is 1. The van der Waals surface area contributed by atoms with Crippen molar-refractivity contribution in [2.24, 2.45) is 0 Å². The Hall–Kier alpha value is -0.640. The molecular weight excluding hydrogens is 306 g/mol. The van der Waals surface area contributed by atoms with Crippen molar-refractivity contribution >= 4 is 27.3 Å². The average molecular weight is 324 g/mol. The number of aryl methyl sites for hydroxylation is 1. The Labute approximate surface area is 121 Å². The van der Waals surface area contributed by atoms with Gasteiger partial charge in [-0.3, -0.25) is 0 Å². The monoisotopic (exact) mass is 323 g/mol. The minimum Gasteiger partial charge on any atom is -0.312 e. The SMILES string of the molecule is CCC(NC)c1ccc(-c2ccc(C)c(Br)c2)s1. The summed E-state index contributed by atoms with van der Waals surface area (Å²) in [4.78, 5) is 2.74. The summed E-state index contributed by atoms with van der Waals surface area (Å²) in [5.41, 5.74) is 2.56. The fourth-order valence-corrected chi connectivity index (χ4v) is 3.57. The highest BCUT2D eigenvalue weighted by atomic mass is 79.9. The second-order valence-corrected chi connectivity index (χ2v) is 6.39. The molecule has 1 atom stereocenters. The molecule has 0 spiro atoms. The van der Waals surface area contributed by atoms with Crippen LogP contribution in [0.15, 0.2) is 34.8 Å². The first-order valence-electron chi connectivity index (χ1n) is 6.19. The van der Waals surface area contributed by atoms with Gasteiger partial charge < -0.3 is 5.32 Å². The highest BCUT2D eigenvalue weighted by Crippen LogP contribution is 2.34. The first-order chi connectivity index (χ1) is 8.65. The molecule has 3 heteroatoms. The maximum atomic E-state index is 3.60. The molecule has 18 heavy (non-hydrogen) atoms. The van der Waals surface area contributed by atoms with Gasteiger partial charge in [0.15, 0.2) is 0 Å². The lowest BCUT2D eigenvalue weighted by Gasteiger charge is -2.10. The number of thiophene rings is 1. The van der Waals surface area contributed by atoms with Crippen molar-refractivity contribution in [3.63, 3.8) is 0 Å². The van der Waals surface area contributed by atoms with E-state index in [2.05, 4.69) is 65.4 Å². The Morgan fingerprint density at radius 1 is 1.28 bits per heavy atom. The van der Waals surface area contributed by atoms with E-state index in [1.54, 1.807) is 0 Å². The second-order valence-electron chi connectivity index (χ2n) is 4.42. The van der Waals surface area contributed by atoms with E-state index in [1.165, 1.54) is 25.4 Å². The normalized spacial score (nSPS) is 12.7. The highest BCUT2D eigenvalue weighted by Gasteiger charge is 2.10. The lowest BCUT2D eigenvalue weighted by molar-refractivity contribution is 0.586. The molecule has 0 saturated heterocycles. The molecule has 0 radical (unpaired) electrons. The van der Waals surface area contributed by atoms with Gasteiger partial charge in [-0.25, -0.2) is 0 Å². The molecule has 0 aliphatic rings. The van der Waals surface area contributed by atoms with E-state index in [4.69, 9.17) is 0 Å². The molecule has 96 valence electrons. The second kappa shape index (κ2) is 6.00. The predicted octanol–water partition coefficient (Wildman–Crippen LogP) is 5.16. The Kier molecular flexibility index (Phi) is 4.60. The van der Waals surface area contributed by atoms with Crippen LogP contribution in [-0.4, -0.2) is 7.05 Å². The van der Waals surface area contributed by atoms with Crippen molar-refractivity contribution in [3.8, 4) is 10.4 Å². The Morgan fingerprint density at radius 2 is 2.06 bits per heavy atom. The van der Waals surface area contributed by atoms with E-state index in [9.17, 15) is 0 Å². The van der Waals surface area contributed by atoms with Crippen LogP contribution in [0.3, 0.4) is 0 Å². The standard InChI is InChI=1S/C15H18BrNS/c1-4-13(17-3)15-8-7-14(18-15)11-6-5-10(2)12(16)9-11/h5-9,13,17H,4H2,1-3H3. The van der Waals surface area contributed by atoms with Crippen molar-refractivity contribution in [1.29, 1.82) is 0 Å². The van der Waals surface area contributed by atoms with Gasteiger partial charge in [-0.05, 0) is 49.7 Å². The van der Waals surface area contributed by atoms with Crippen LogP contribution >= 0.6 is 27.3 Å². The van der Waals surface area contributed by atoms with Crippen LogP contribution in [0, 0.1) is 6.92 Å². The summed E-state index contributed by atoms with van der Waals surface area (Å²) < 4.78 is 1.18. The summed E-state index contributed by atoms with van der Waals surface area (Å²) in [6.45, 7) is 4.32. The van der Waals surface area contributed by atoms with E-state index in [-0.39, 0.29) is 0 Å². The fraction of sp³-hybridized carbons (Fsp3) is 0.333. The van der Waals surface area contributed by atoms with Crippen molar-refractivity contribution in [2.75, 3.05) is 7.05 Å². The van der Waals surface area contributed by atoms with Gasteiger partial charge >= 0.3 is 0 Å². The van der Waals surface area contributed by atoms with Crippen LogP contribution in [0.1, 0.15) is 29.8 Å². The number of benzene rings is 1. The smallest absolute Gasteiger partial charge is 0.0409 e. The van der Waals surface area contributed by atoms with Crippen LogP contribution in [0.4, 0.5) is 0 Å². The number of hydrogen-bond donors (Lipinski definition) is 1. The van der Waals surface area contributed by atoms with Crippen molar-refractivity contribution in [1.82, 2.24) is 5.32 Å². The number of hydrogen-bond acceptors (Lipinski definition) is 2. The minimum atomic E-state index is 0.470. The molecule has 0 fully saturated rings. The van der Waals surface area contributed by atoms with E-state index in [0.717, 1.165) is 6.42 Å². The first-order valence-corrected chi connectivity index (χ1v) is 7.80. The topological polar surface area (TPSA) is 12.0 Å². The molecule has 1 heterocycles. The summed E-state index contributed by atoms with van der Waals surface area (Å²) in [6, 6.07) is 11.5. The van der Waals surface area contributed by atoms with E-state index in [1.807, 2.05) is 18.4 Å².